The molecular weight excluding hydrogens is 316 g/mol. The van der Waals surface area contributed by atoms with Crippen LogP contribution in [-0.4, -0.2) is 38.6 Å². The molecule has 2 aromatic rings. The van der Waals surface area contributed by atoms with Gasteiger partial charge in [-0.25, -0.2) is 4.79 Å². The second kappa shape index (κ2) is 9.47. The van der Waals surface area contributed by atoms with Crippen molar-refractivity contribution in [2.24, 2.45) is 0 Å². The van der Waals surface area contributed by atoms with Crippen LogP contribution in [0.5, 0.6) is 0 Å². The average Bonchev–Trinajstić information content (AvgIpc) is 2.64. The van der Waals surface area contributed by atoms with Gasteiger partial charge in [-0.2, -0.15) is 0 Å². The maximum atomic E-state index is 11.8. The normalized spacial score (nSPS) is 10.2. The number of anilines is 1. The number of rotatable bonds is 8. The summed E-state index contributed by atoms with van der Waals surface area (Å²) in [6.07, 6.45) is 0.809. The van der Waals surface area contributed by atoms with Crippen LogP contribution in [0.15, 0.2) is 54.6 Å². The van der Waals surface area contributed by atoms with E-state index in [4.69, 9.17) is 4.74 Å². The third-order valence-electron chi connectivity index (χ3n) is 3.81. The molecule has 2 aromatic carbocycles. The van der Waals surface area contributed by atoms with E-state index in [0.29, 0.717) is 12.1 Å². The molecule has 1 amide bonds. The Hall–Kier alpha value is -2.82. The number of benzene rings is 2. The minimum absolute atomic E-state index is 0.263. The molecule has 0 atom stereocenters. The van der Waals surface area contributed by atoms with Crippen molar-refractivity contribution >= 4 is 17.6 Å². The molecule has 0 radical (unpaired) electrons. The van der Waals surface area contributed by atoms with E-state index in [-0.39, 0.29) is 12.5 Å². The molecule has 0 unspecified atom stereocenters. The van der Waals surface area contributed by atoms with Crippen molar-refractivity contribution in [1.29, 1.82) is 0 Å². The van der Waals surface area contributed by atoms with Crippen molar-refractivity contribution in [2.75, 3.05) is 31.6 Å². The number of hydrogen-bond donors (Lipinski definition) is 1. The molecule has 0 bridgehead atoms. The maximum Gasteiger partial charge on any atom is 0.338 e. The second-order valence-corrected chi connectivity index (χ2v) is 5.90. The first kappa shape index (κ1) is 18.5. The zero-order valence-electron chi connectivity index (χ0n) is 14.7. The SMILES string of the molecule is Cc1ccc(C(=O)OCC(=O)NCCCN(C)c2ccccc2)cc1. The van der Waals surface area contributed by atoms with Crippen LogP contribution in [0, 0.1) is 6.92 Å². The monoisotopic (exact) mass is 340 g/mol. The molecule has 2 rings (SSSR count). The summed E-state index contributed by atoms with van der Waals surface area (Å²) in [5.74, 6) is -0.776. The Morgan fingerprint density at radius 2 is 1.72 bits per heavy atom. The fourth-order valence-corrected chi connectivity index (χ4v) is 2.31. The lowest BCUT2D eigenvalue weighted by Crippen LogP contribution is -2.31. The number of carbonyl (C=O) groups excluding carboxylic acids is 2. The molecule has 1 N–H and O–H groups in total. The zero-order valence-corrected chi connectivity index (χ0v) is 14.7. The van der Waals surface area contributed by atoms with Crippen molar-refractivity contribution in [3.05, 3.63) is 65.7 Å². The molecule has 132 valence electrons. The molecule has 0 aliphatic heterocycles. The van der Waals surface area contributed by atoms with Gasteiger partial charge in [0.1, 0.15) is 0 Å². The summed E-state index contributed by atoms with van der Waals surface area (Å²) in [6.45, 7) is 3.05. The Morgan fingerprint density at radius 3 is 2.40 bits per heavy atom. The van der Waals surface area contributed by atoms with Crippen molar-refractivity contribution in [1.82, 2.24) is 5.32 Å². The van der Waals surface area contributed by atoms with Gasteiger partial charge in [0.15, 0.2) is 6.61 Å². The standard InChI is InChI=1S/C20H24N2O3/c1-16-9-11-17(12-10-16)20(24)25-15-19(23)21-13-6-14-22(2)18-7-4-3-5-8-18/h3-5,7-12H,6,13-15H2,1-2H3,(H,21,23). The highest BCUT2D eigenvalue weighted by atomic mass is 16.5. The summed E-state index contributed by atoms with van der Waals surface area (Å²) in [4.78, 5) is 25.7. The fraction of sp³-hybridized carbons (Fsp3) is 0.300. The number of para-hydroxylation sites is 1. The largest absolute Gasteiger partial charge is 0.452 e. The highest BCUT2D eigenvalue weighted by Gasteiger charge is 2.09. The molecule has 0 saturated carbocycles. The molecule has 25 heavy (non-hydrogen) atoms. The Morgan fingerprint density at radius 1 is 1.04 bits per heavy atom. The van der Waals surface area contributed by atoms with Crippen molar-refractivity contribution in [2.45, 2.75) is 13.3 Å². The predicted octanol–water partition coefficient (Wildman–Crippen LogP) is 2.79. The van der Waals surface area contributed by atoms with Gasteiger partial charge in [-0.15, -0.1) is 0 Å². The topological polar surface area (TPSA) is 58.6 Å². The smallest absolute Gasteiger partial charge is 0.338 e. The van der Waals surface area contributed by atoms with Gasteiger partial charge in [0, 0.05) is 25.8 Å². The quantitative estimate of drug-likeness (QED) is 0.593. The number of carbonyl (C=O) groups is 2. The van der Waals surface area contributed by atoms with E-state index >= 15 is 0 Å². The summed E-state index contributed by atoms with van der Waals surface area (Å²) < 4.78 is 5.02. The van der Waals surface area contributed by atoms with Crippen molar-refractivity contribution < 1.29 is 14.3 Å². The summed E-state index contributed by atoms with van der Waals surface area (Å²) in [5.41, 5.74) is 2.65. The minimum atomic E-state index is -0.487. The summed E-state index contributed by atoms with van der Waals surface area (Å²) in [7, 11) is 2.01. The van der Waals surface area contributed by atoms with E-state index in [1.807, 2.05) is 56.4 Å². The lowest BCUT2D eigenvalue weighted by molar-refractivity contribution is -0.124. The Balaban J connectivity index is 1.62. The van der Waals surface area contributed by atoms with Gasteiger partial charge < -0.3 is 15.0 Å². The molecule has 0 fully saturated rings. The van der Waals surface area contributed by atoms with E-state index in [1.165, 1.54) is 0 Å². The number of hydrogen-bond acceptors (Lipinski definition) is 4. The van der Waals surface area contributed by atoms with Crippen LogP contribution >= 0.6 is 0 Å². The molecule has 0 spiro atoms. The Kier molecular flexibility index (Phi) is 7.01. The fourth-order valence-electron chi connectivity index (χ4n) is 2.31. The number of ether oxygens (including phenoxy) is 1. The van der Waals surface area contributed by atoms with Gasteiger partial charge in [0.25, 0.3) is 5.91 Å². The highest BCUT2D eigenvalue weighted by molar-refractivity contribution is 5.91. The van der Waals surface area contributed by atoms with Crippen LogP contribution in [0.4, 0.5) is 5.69 Å². The molecular formula is C20H24N2O3. The summed E-state index contributed by atoms with van der Waals surface area (Å²) in [5, 5.41) is 2.76. The molecule has 0 aliphatic carbocycles. The van der Waals surface area contributed by atoms with Gasteiger partial charge in [-0.05, 0) is 37.6 Å². The third-order valence-corrected chi connectivity index (χ3v) is 3.81. The first-order valence-electron chi connectivity index (χ1n) is 8.33. The van der Waals surface area contributed by atoms with E-state index in [9.17, 15) is 9.59 Å². The van der Waals surface area contributed by atoms with Gasteiger partial charge in [-0.3, -0.25) is 4.79 Å². The first-order chi connectivity index (χ1) is 12.1. The van der Waals surface area contributed by atoms with E-state index in [2.05, 4.69) is 10.2 Å². The number of amides is 1. The van der Waals surface area contributed by atoms with Crippen LogP contribution in [0.2, 0.25) is 0 Å². The van der Waals surface area contributed by atoms with Crippen LogP contribution in [0.3, 0.4) is 0 Å². The van der Waals surface area contributed by atoms with Crippen molar-refractivity contribution in [3.63, 3.8) is 0 Å². The molecule has 0 aromatic heterocycles. The summed E-state index contributed by atoms with van der Waals surface area (Å²) >= 11 is 0. The molecule has 5 heteroatoms. The lowest BCUT2D eigenvalue weighted by Gasteiger charge is -2.19. The minimum Gasteiger partial charge on any atom is -0.452 e. The van der Waals surface area contributed by atoms with Gasteiger partial charge in [0.05, 0.1) is 5.56 Å². The number of esters is 1. The molecule has 0 aliphatic rings. The average molecular weight is 340 g/mol. The van der Waals surface area contributed by atoms with Gasteiger partial charge in [-0.1, -0.05) is 35.9 Å². The van der Waals surface area contributed by atoms with E-state index in [1.54, 1.807) is 12.1 Å². The van der Waals surface area contributed by atoms with Crippen LogP contribution < -0.4 is 10.2 Å². The number of nitrogens with one attached hydrogen (secondary N) is 1. The predicted molar refractivity (Wildman–Crippen MR) is 98.8 cm³/mol. The highest BCUT2D eigenvalue weighted by Crippen LogP contribution is 2.10. The lowest BCUT2D eigenvalue weighted by atomic mass is 10.1. The third kappa shape index (κ3) is 6.30. The Labute approximate surface area is 148 Å². The number of aryl methyl sites for hydroxylation is 1. The maximum absolute atomic E-state index is 11.8. The molecule has 0 heterocycles. The van der Waals surface area contributed by atoms with Crippen LogP contribution in [0.1, 0.15) is 22.3 Å². The second-order valence-electron chi connectivity index (χ2n) is 5.90. The number of nitrogens with zero attached hydrogens (tertiary/aromatic N) is 1. The van der Waals surface area contributed by atoms with Crippen molar-refractivity contribution in [3.8, 4) is 0 Å². The van der Waals surface area contributed by atoms with Crippen LogP contribution in [0.25, 0.3) is 0 Å². The Bertz CT molecular complexity index is 684. The molecule has 0 saturated heterocycles. The summed E-state index contributed by atoms with van der Waals surface area (Å²) in [6, 6.07) is 17.1. The van der Waals surface area contributed by atoms with Crippen LogP contribution in [-0.2, 0) is 9.53 Å². The van der Waals surface area contributed by atoms with Gasteiger partial charge >= 0.3 is 5.97 Å². The first-order valence-corrected chi connectivity index (χ1v) is 8.33. The van der Waals surface area contributed by atoms with Gasteiger partial charge in [0.2, 0.25) is 0 Å². The van der Waals surface area contributed by atoms with E-state index < -0.39 is 5.97 Å². The van der Waals surface area contributed by atoms with E-state index in [0.717, 1.165) is 24.2 Å². The molecule has 5 nitrogen and oxygen atoms in total. The zero-order chi connectivity index (χ0) is 18.1.